The predicted octanol–water partition coefficient (Wildman–Crippen LogP) is 3.52. The minimum Gasteiger partial charge on any atom is -0.354 e. The average Bonchev–Trinajstić information content (AvgIpc) is 3.04. The van der Waals surface area contributed by atoms with Crippen molar-refractivity contribution in [2.45, 2.75) is 50.0 Å². The summed E-state index contributed by atoms with van der Waals surface area (Å²) in [5, 5.41) is 3.05. The maximum absolute atomic E-state index is 12.4. The fraction of sp³-hybridized carbons (Fsp3) is 0.611. The number of benzene rings is 1. The van der Waals surface area contributed by atoms with Crippen molar-refractivity contribution < 1.29 is 4.79 Å². The van der Waals surface area contributed by atoms with Crippen molar-refractivity contribution in [1.82, 2.24) is 10.2 Å². The lowest BCUT2D eigenvalue weighted by atomic mass is 9.94. The molecule has 5 heteroatoms. The summed E-state index contributed by atoms with van der Waals surface area (Å²) in [6.07, 6.45) is 1.57. The summed E-state index contributed by atoms with van der Waals surface area (Å²) < 4.78 is -0.911. The van der Waals surface area contributed by atoms with E-state index in [-0.39, 0.29) is 11.4 Å². The molecule has 0 spiro atoms. The Kier molecular flexibility index (Phi) is 4.19. The van der Waals surface area contributed by atoms with E-state index in [9.17, 15) is 4.79 Å². The van der Waals surface area contributed by atoms with Crippen LogP contribution in [0.1, 0.15) is 38.3 Å². The molecular formula is C18H24Cl2N2O. The number of nitrogens with zero attached hydrogens (tertiary/aromatic N) is 1. The third-order valence-electron chi connectivity index (χ3n) is 5.43. The predicted molar refractivity (Wildman–Crippen MR) is 94.8 cm³/mol. The van der Waals surface area contributed by atoms with Gasteiger partial charge < -0.3 is 5.32 Å². The lowest BCUT2D eigenvalue weighted by Crippen LogP contribution is -2.54. The van der Waals surface area contributed by atoms with Gasteiger partial charge in [0.15, 0.2) is 0 Å². The van der Waals surface area contributed by atoms with Gasteiger partial charge in [0.25, 0.3) is 0 Å². The number of halogens is 2. The highest BCUT2D eigenvalue weighted by Gasteiger charge is 2.67. The Balaban J connectivity index is 1.61. The Hall–Kier alpha value is -0.770. The summed E-state index contributed by atoms with van der Waals surface area (Å²) in [6, 6.07) is 8.58. The molecule has 23 heavy (non-hydrogen) atoms. The molecule has 1 unspecified atom stereocenters. The highest BCUT2D eigenvalue weighted by molar-refractivity contribution is 6.53. The number of rotatable bonds is 4. The monoisotopic (exact) mass is 354 g/mol. The van der Waals surface area contributed by atoms with E-state index in [1.807, 2.05) is 6.92 Å². The molecule has 1 fully saturated rings. The molecule has 1 amide bonds. The number of nitrogens with one attached hydrogen (secondary N) is 1. The maximum Gasteiger partial charge on any atom is 0.229 e. The van der Waals surface area contributed by atoms with Crippen LogP contribution in [0.3, 0.4) is 0 Å². The molecule has 1 aromatic rings. The van der Waals surface area contributed by atoms with Crippen molar-refractivity contribution >= 4 is 29.1 Å². The van der Waals surface area contributed by atoms with Crippen molar-refractivity contribution in [3.8, 4) is 0 Å². The molecule has 126 valence electrons. The molecule has 3 nitrogen and oxygen atoms in total. The van der Waals surface area contributed by atoms with Gasteiger partial charge in [0.05, 0.1) is 5.41 Å². The topological polar surface area (TPSA) is 32.3 Å². The molecule has 0 saturated heterocycles. The second kappa shape index (κ2) is 5.65. The minimum atomic E-state index is -0.911. The molecule has 2 aliphatic rings. The molecule has 1 aliphatic carbocycles. The van der Waals surface area contributed by atoms with E-state index in [0.717, 1.165) is 19.5 Å². The van der Waals surface area contributed by atoms with Crippen molar-refractivity contribution in [2.24, 2.45) is 5.41 Å². The molecule has 1 heterocycles. The van der Waals surface area contributed by atoms with Crippen LogP contribution in [0.15, 0.2) is 24.3 Å². The molecule has 1 aromatic carbocycles. The minimum absolute atomic E-state index is 0.0482. The zero-order valence-electron chi connectivity index (χ0n) is 14.0. The van der Waals surface area contributed by atoms with Crippen molar-refractivity contribution in [1.29, 1.82) is 0 Å². The first-order valence-corrected chi connectivity index (χ1v) is 8.89. The van der Waals surface area contributed by atoms with Gasteiger partial charge in [-0.2, -0.15) is 0 Å². The van der Waals surface area contributed by atoms with Crippen molar-refractivity contribution in [2.75, 3.05) is 13.1 Å². The summed E-state index contributed by atoms with van der Waals surface area (Å²) in [6.45, 7) is 8.69. The first kappa shape index (κ1) is 17.1. The zero-order valence-corrected chi connectivity index (χ0v) is 15.5. The summed E-state index contributed by atoms with van der Waals surface area (Å²) in [7, 11) is 0. The molecule has 3 rings (SSSR count). The van der Waals surface area contributed by atoms with E-state index >= 15 is 0 Å². The summed E-state index contributed by atoms with van der Waals surface area (Å²) in [4.78, 5) is 14.8. The first-order chi connectivity index (χ1) is 10.7. The molecule has 1 aliphatic heterocycles. The Labute approximate surface area is 148 Å². The number of alkyl halides is 2. The summed E-state index contributed by atoms with van der Waals surface area (Å²) in [5.74, 6) is -0.0482. The quantitative estimate of drug-likeness (QED) is 0.838. The van der Waals surface area contributed by atoms with Gasteiger partial charge in [-0.25, -0.2) is 0 Å². The van der Waals surface area contributed by atoms with Gasteiger partial charge in [0.2, 0.25) is 5.91 Å². The second-order valence-electron chi connectivity index (χ2n) is 7.65. The van der Waals surface area contributed by atoms with E-state index in [0.29, 0.717) is 13.0 Å². The zero-order chi connectivity index (χ0) is 16.9. The van der Waals surface area contributed by atoms with Gasteiger partial charge >= 0.3 is 0 Å². The molecule has 1 N–H and O–H groups in total. The third kappa shape index (κ3) is 3.11. The second-order valence-corrected chi connectivity index (χ2v) is 9.13. The molecule has 1 saturated carbocycles. The largest absolute Gasteiger partial charge is 0.354 e. The van der Waals surface area contributed by atoms with Gasteiger partial charge in [0.1, 0.15) is 4.33 Å². The van der Waals surface area contributed by atoms with Crippen LogP contribution < -0.4 is 5.32 Å². The van der Waals surface area contributed by atoms with E-state index < -0.39 is 9.75 Å². The Morgan fingerprint density at radius 3 is 2.52 bits per heavy atom. The number of hydrogen-bond acceptors (Lipinski definition) is 2. The number of hydrogen-bond donors (Lipinski definition) is 1. The van der Waals surface area contributed by atoms with Gasteiger partial charge in [-0.15, -0.1) is 23.2 Å². The van der Waals surface area contributed by atoms with E-state index in [1.165, 1.54) is 11.1 Å². The van der Waals surface area contributed by atoms with Crippen LogP contribution in [0.2, 0.25) is 0 Å². The van der Waals surface area contributed by atoms with Crippen molar-refractivity contribution in [3.63, 3.8) is 0 Å². The van der Waals surface area contributed by atoms with E-state index in [2.05, 4.69) is 48.3 Å². The fourth-order valence-corrected chi connectivity index (χ4v) is 3.97. The Morgan fingerprint density at radius 1 is 1.30 bits per heavy atom. The molecule has 0 bridgehead atoms. The van der Waals surface area contributed by atoms with Gasteiger partial charge in [-0.05, 0) is 44.7 Å². The molecule has 1 atom stereocenters. The van der Waals surface area contributed by atoms with Crippen LogP contribution >= 0.6 is 23.2 Å². The third-order valence-corrected chi connectivity index (χ3v) is 6.53. The standard InChI is InChI=1S/C18H24Cl2N2O/c1-16(2,12-21-15(23)17(3)11-18(17,19)20)22-9-8-13-6-4-5-7-14(13)10-22/h4-7H,8-12H2,1-3H3,(H,21,23). The molecule has 0 aromatic heterocycles. The smallest absolute Gasteiger partial charge is 0.229 e. The normalized spacial score (nSPS) is 26.5. The van der Waals surface area contributed by atoms with Crippen LogP contribution in [0, 0.1) is 5.41 Å². The Morgan fingerprint density at radius 2 is 1.91 bits per heavy atom. The van der Waals surface area contributed by atoms with Crippen molar-refractivity contribution in [3.05, 3.63) is 35.4 Å². The average molecular weight is 355 g/mol. The number of fused-ring (bicyclic) bond motifs is 1. The number of carbonyl (C=O) groups is 1. The first-order valence-electron chi connectivity index (χ1n) is 8.14. The highest BCUT2D eigenvalue weighted by atomic mass is 35.5. The van der Waals surface area contributed by atoms with E-state index in [4.69, 9.17) is 23.2 Å². The SMILES string of the molecule is CC(C)(CNC(=O)C1(C)CC1(Cl)Cl)N1CCc2ccccc2C1. The molecular weight excluding hydrogens is 331 g/mol. The summed E-state index contributed by atoms with van der Waals surface area (Å²) >= 11 is 12.2. The van der Waals surface area contributed by atoms with Gasteiger partial charge in [0, 0.05) is 25.2 Å². The Bertz CT molecular complexity index is 629. The maximum atomic E-state index is 12.4. The number of amides is 1. The summed E-state index contributed by atoms with van der Waals surface area (Å²) in [5.41, 5.74) is 2.05. The van der Waals surface area contributed by atoms with Crippen LogP contribution in [0.5, 0.6) is 0 Å². The van der Waals surface area contributed by atoms with Crippen LogP contribution in [-0.4, -0.2) is 33.8 Å². The van der Waals surface area contributed by atoms with Crippen LogP contribution in [0.25, 0.3) is 0 Å². The lowest BCUT2D eigenvalue weighted by Gasteiger charge is -2.42. The fourth-order valence-electron chi connectivity index (χ4n) is 3.26. The lowest BCUT2D eigenvalue weighted by molar-refractivity contribution is -0.126. The van der Waals surface area contributed by atoms with Gasteiger partial charge in [-0.1, -0.05) is 24.3 Å². The molecule has 0 radical (unpaired) electrons. The van der Waals surface area contributed by atoms with Gasteiger partial charge in [-0.3, -0.25) is 9.69 Å². The van der Waals surface area contributed by atoms with E-state index in [1.54, 1.807) is 0 Å². The van der Waals surface area contributed by atoms with Crippen LogP contribution in [-0.2, 0) is 17.8 Å². The highest BCUT2D eigenvalue weighted by Crippen LogP contribution is 2.63. The van der Waals surface area contributed by atoms with Crippen LogP contribution in [0.4, 0.5) is 0 Å². The number of carbonyl (C=O) groups excluding carboxylic acids is 1.